The Morgan fingerprint density at radius 3 is 2.53 bits per heavy atom. The van der Waals surface area contributed by atoms with Crippen LogP contribution in [0.15, 0.2) is 0 Å². The molecule has 0 aromatic heterocycles. The number of hydrogen-bond donors (Lipinski definition) is 1. The van der Waals surface area contributed by atoms with Crippen LogP contribution in [0.3, 0.4) is 0 Å². The van der Waals surface area contributed by atoms with E-state index in [1.807, 2.05) is 0 Å². The van der Waals surface area contributed by atoms with E-state index in [9.17, 15) is 0 Å². The number of hydrogen-bond acceptors (Lipinski definition) is 2. The fraction of sp³-hybridized carbons (Fsp3) is 1.00. The number of rotatable bonds is 5. The maximum atomic E-state index is 3.75. The Hall–Kier alpha value is -0.0800. The highest BCUT2D eigenvalue weighted by Crippen LogP contribution is 2.23. The molecular weight excluding hydrogens is 208 g/mol. The summed E-state index contributed by atoms with van der Waals surface area (Å²) in [5, 5.41) is 3.75. The summed E-state index contributed by atoms with van der Waals surface area (Å²) in [5.74, 6) is 1.82. The van der Waals surface area contributed by atoms with Gasteiger partial charge in [-0.1, -0.05) is 33.1 Å². The molecule has 2 rings (SSSR count). The second-order valence-electron chi connectivity index (χ2n) is 6.38. The smallest absolute Gasteiger partial charge is 0.0107 e. The highest BCUT2D eigenvalue weighted by Gasteiger charge is 2.24. The van der Waals surface area contributed by atoms with Gasteiger partial charge in [0, 0.05) is 25.7 Å². The van der Waals surface area contributed by atoms with Crippen molar-refractivity contribution in [2.45, 2.75) is 58.4 Å². The van der Waals surface area contributed by atoms with Crippen molar-refractivity contribution in [3.8, 4) is 0 Å². The molecule has 0 bridgehead atoms. The summed E-state index contributed by atoms with van der Waals surface area (Å²) in [6, 6.07) is 0.826. The zero-order valence-electron chi connectivity index (χ0n) is 11.8. The Balaban J connectivity index is 1.56. The Morgan fingerprint density at radius 2 is 1.88 bits per heavy atom. The Morgan fingerprint density at radius 1 is 1.12 bits per heavy atom. The SMILES string of the molecule is CC(C)C1CCN(CCNC2CCCCC2)C1. The van der Waals surface area contributed by atoms with Crippen molar-refractivity contribution in [2.24, 2.45) is 11.8 Å². The van der Waals surface area contributed by atoms with Crippen LogP contribution in [0.5, 0.6) is 0 Å². The molecule has 2 fully saturated rings. The second-order valence-corrected chi connectivity index (χ2v) is 6.38. The maximum Gasteiger partial charge on any atom is 0.0107 e. The molecule has 0 aromatic rings. The molecule has 1 saturated heterocycles. The van der Waals surface area contributed by atoms with Crippen molar-refractivity contribution in [2.75, 3.05) is 26.2 Å². The molecule has 1 N–H and O–H groups in total. The van der Waals surface area contributed by atoms with E-state index in [0.29, 0.717) is 0 Å². The van der Waals surface area contributed by atoms with Gasteiger partial charge < -0.3 is 10.2 Å². The average molecular weight is 238 g/mol. The number of likely N-dealkylation sites (tertiary alicyclic amines) is 1. The van der Waals surface area contributed by atoms with Crippen molar-refractivity contribution >= 4 is 0 Å². The average Bonchev–Trinajstić information content (AvgIpc) is 2.79. The van der Waals surface area contributed by atoms with Crippen LogP contribution in [0, 0.1) is 11.8 Å². The van der Waals surface area contributed by atoms with Crippen LogP contribution in [0.1, 0.15) is 52.4 Å². The van der Waals surface area contributed by atoms with Gasteiger partial charge in [-0.3, -0.25) is 0 Å². The highest BCUT2D eigenvalue weighted by molar-refractivity contribution is 4.79. The molecular formula is C15H30N2. The van der Waals surface area contributed by atoms with Crippen molar-refractivity contribution in [1.29, 1.82) is 0 Å². The zero-order chi connectivity index (χ0) is 12.1. The van der Waals surface area contributed by atoms with Gasteiger partial charge in [0.25, 0.3) is 0 Å². The Kier molecular flexibility index (Phi) is 5.30. The summed E-state index contributed by atoms with van der Waals surface area (Å²) in [6.45, 7) is 9.87. The van der Waals surface area contributed by atoms with Crippen LogP contribution in [0.4, 0.5) is 0 Å². The maximum absolute atomic E-state index is 3.75. The third-order valence-electron chi connectivity index (χ3n) is 4.72. The van der Waals surface area contributed by atoms with Gasteiger partial charge in [0.1, 0.15) is 0 Å². The summed E-state index contributed by atoms with van der Waals surface area (Å²) in [4.78, 5) is 2.65. The van der Waals surface area contributed by atoms with Gasteiger partial charge in [-0.25, -0.2) is 0 Å². The van der Waals surface area contributed by atoms with Crippen molar-refractivity contribution in [3.05, 3.63) is 0 Å². The number of nitrogens with zero attached hydrogens (tertiary/aromatic N) is 1. The molecule has 0 radical (unpaired) electrons. The molecule has 17 heavy (non-hydrogen) atoms. The lowest BCUT2D eigenvalue weighted by Crippen LogP contribution is -2.37. The Labute approximate surface area is 107 Å². The molecule has 0 aromatic carbocycles. The monoisotopic (exact) mass is 238 g/mol. The van der Waals surface area contributed by atoms with E-state index in [1.165, 1.54) is 64.7 Å². The lowest BCUT2D eigenvalue weighted by Gasteiger charge is -2.24. The van der Waals surface area contributed by atoms with Crippen LogP contribution >= 0.6 is 0 Å². The summed E-state index contributed by atoms with van der Waals surface area (Å²) in [6.07, 6.45) is 8.58. The predicted molar refractivity (Wildman–Crippen MR) is 74.3 cm³/mol. The molecule has 2 nitrogen and oxygen atoms in total. The third-order valence-corrected chi connectivity index (χ3v) is 4.72. The van der Waals surface area contributed by atoms with E-state index in [2.05, 4.69) is 24.1 Å². The van der Waals surface area contributed by atoms with E-state index in [1.54, 1.807) is 0 Å². The fourth-order valence-corrected chi connectivity index (χ4v) is 3.34. The first kappa shape index (κ1) is 13.4. The predicted octanol–water partition coefficient (Wildman–Crippen LogP) is 2.89. The van der Waals surface area contributed by atoms with Gasteiger partial charge in [-0.05, 0) is 37.6 Å². The van der Waals surface area contributed by atoms with Crippen LogP contribution in [-0.2, 0) is 0 Å². The molecule has 0 amide bonds. The van der Waals surface area contributed by atoms with Crippen LogP contribution in [-0.4, -0.2) is 37.1 Å². The van der Waals surface area contributed by atoms with Crippen molar-refractivity contribution < 1.29 is 0 Å². The van der Waals surface area contributed by atoms with Crippen LogP contribution < -0.4 is 5.32 Å². The van der Waals surface area contributed by atoms with E-state index < -0.39 is 0 Å². The highest BCUT2D eigenvalue weighted by atomic mass is 15.2. The van der Waals surface area contributed by atoms with Crippen LogP contribution in [0.25, 0.3) is 0 Å². The van der Waals surface area contributed by atoms with Gasteiger partial charge in [-0.15, -0.1) is 0 Å². The fourth-order valence-electron chi connectivity index (χ4n) is 3.34. The third kappa shape index (κ3) is 4.26. The molecule has 1 saturated carbocycles. The molecule has 2 heteroatoms. The lowest BCUT2D eigenvalue weighted by molar-refractivity contribution is 0.287. The minimum atomic E-state index is 0.826. The van der Waals surface area contributed by atoms with Gasteiger partial charge in [0.05, 0.1) is 0 Å². The lowest BCUT2D eigenvalue weighted by atomic mass is 9.95. The molecule has 0 spiro atoms. The summed E-state index contributed by atoms with van der Waals surface area (Å²) < 4.78 is 0. The van der Waals surface area contributed by atoms with Gasteiger partial charge in [0.2, 0.25) is 0 Å². The van der Waals surface area contributed by atoms with E-state index in [0.717, 1.165) is 17.9 Å². The minimum absolute atomic E-state index is 0.826. The van der Waals surface area contributed by atoms with Gasteiger partial charge in [-0.2, -0.15) is 0 Å². The Bertz CT molecular complexity index is 209. The standard InChI is InChI=1S/C15H30N2/c1-13(2)14-8-10-17(12-14)11-9-16-15-6-4-3-5-7-15/h13-16H,3-12H2,1-2H3. The normalized spacial score (nSPS) is 28.1. The first-order valence-corrected chi connectivity index (χ1v) is 7.71. The first-order valence-electron chi connectivity index (χ1n) is 7.71. The molecule has 100 valence electrons. The first-order chi connectivity index (χ1) is 8.25. The molecule has 1 heterocycles. The largest absolute Gasteiger partial charge is 0.313 e. The minimum Gasteiger partial charge on any atom is -0.313 e. The molecule has 2 aliphatic rings. The topological polar surface area (TPSA) is 15.3 Å². The van der Waals surface area contributed by atoms with Crippen molar-refractivity contribution in [1.82, 2.24) is 10.2 Å². The molecule has 1 unspecified atom stereocenters. The summed E-state index contributed by atoms with van der Waals surface area (Å²) in [7, 11) is 0. The van der Waals surface area contributed by atoms with E-state index >= 15 is 0 Å². The van der Waals surface area contributed by atoms with E-state index in [-0.39, 0.29) is 0 Å². The quantitative estimate of drug-likeness (QED) is 0.792. The summed E-state index contributed by atoms with van der Waals surface area (Å²) in [5.41, 5.74) is 0. The van der Waals surface area contributed by atoms with Crippen molar-refractivity contribution in [3.63, 3.8) is 0 Å². The second kappa shape index (κ2) is 6.75. The summed E-state index contributed by atoms with van der Waals surface area (Å²) >= 11 is 0. The van der Waals surface area contributed by atoms with Gasteiger partial charge >= 0.3 is 0 Å². The zero-order valence-corrected chi connectivity index (χ0v) is 11.8. The molecule has 1 aliphatic heterocycles. The van der Waals surface area contributed by atoms with Gasteiger partial charge in [0.15, 0.2) is 0 Å². The molecule has 1 aliphatic carbocycles. The number of nitrogens with one attached hydrogen (secondary N) is 1. The molecule has 1 atom stereocenters. The van der Waals surface area contributed by atoms with Crippen LogP contribution in [0.2, 0.25) is 0 Å². The van der Waals surface area contributed by atoms with E-state index in [4.69, 9.17) is 0 Å².